The van der Waals surface area contributed by atoms with E-state index in [-0.39, 0.29) is 11.7 Å². The van der Waals surface area contributed by atoms with Gasteiger partial charge in [0.25, 0.3) is 5.91 Å². The zero-order chi connectivity index (χ0) is 11.7. The van der Waals surface area contributed by atoms with Gasteiger partial charge in [0.2, 0.25) is 5.82 Å². The molecule has 0 bridgehead atoms. The zero-order valence-corrected chi connectivity index (χ0v) is 9.21. The van der Waals surface area contributed by atoms with E-state index >= 15 is 0 Å². The Morgan fingerprint density at radius 2 is 1.94 bits per heavy atom. The molecule has 17 heavy (non-hydrogen) atoms. The minimum absolute atomic E-state index is 0.110. The third-order valence-corrected chi connectivity index (χ3v) is 2.79. The van der Waals surface area contributed by atoms with Crippen LogP contribution in [0.1, 0.15) is 10.6 Å². The summed E-state index contributed by atoms with van der Waals surface area (Å²) in [6.07, 6.45) is 5.64. The largest absolute Gasteiger partial charge is 0.328 e. The molecule has 0 radical (unpaired) electrons. The van der Waals surface area contributed by atoms with Gasteiger partial charge in [-0.3, -0.25) is 4.79 Å². The lowest BCUT2D eigenvalue weighted by Crippen LogP contribution is -2.29. The van der Waals surface area contributed by atoms with Crippen LogP contribution in [-0.2, 0) is 0 Å². The first kappa shape index (κ1) is 9.96. The van der Waals surface area contributed by atoms with Crippen molar-refractivity contribution in [2.75, 3.05) is 13.1 Å². The fourth-order valence-electron chi connectivity index (χ4n) is 1.86. The summed E-state index contributed by atoms with van der Waals surface area (Å²) >= 11 is 0. The van der Waals surface area contributed by atoms with Crippen LogP contribution in [0.2, 0.25) is 0 Å². The van der Waals surface area contributed by atoms with Crippen LogP contribution in [0, 0.1) is 0 Å². The first-order valence-corrected chi connectivity index (χ1v) is 5.51. The molecule has 0 unspecified atom stereocenters. The number of nitrogens with zero attached hydrogens (tertiary/aromatic N) is 3. The van der Waals surface area contributed by atoms with Gasteiger partial charge in [-0.05, 0) is 6.07 Å². The SMILES string of the molecule is O=C(c1ncc2ccccc2n1)N1CC=CC1. The fourth-order valence-corrected chi connectivity index (χ4v) is 1.86. The minimum Gasteiger partial charge on any atom is -0.328 e. The average molecular weight is 225 g/mol. The highest BCUT2D eigenvalue weighted by Gasteiger charge is 2.18. The van der Waals surface area contributed by atoms with Gasteiger partial charge in [0.1, 0.15) is 0 Å². The highest BCUT2D eigenvalue weighted by Crippen LogP contribution is 2.11. The Bertz CT molecular complexity index is 598. The maximum absolute atomic E-state index is 12.1. The van der Waals surface area contributed by atoms with Crippen LogP contribution in [0.4, 0.5) is 0 Å². The van der Waals surface area contributed by atoms with E-state index in [1.807, 2.05) is 36.4 Å². The Balaban J connectivity index is 1.97. The molecular weight excluding hydrogens is 214 g/mol. The van der Waals surface area contributed by atoms with Crippen molar-refractivity contribution in [3.05, 3.63) is 48.4 Å². The number of hydrogen-bond donors (Lipinski definition) is 0. The first-order valence-electron chi connectivity index (χ1n) is 5.51. The summed E-state index contributed by atoms with van der Waals surface area (Å²) in [6, 6.07) is 7.65. The Morgan fingerprint density at radius 3 is 2.76 bits per heavy atom. The van der Waals surface area contributed by atoms with Crippen LogP contribution in [0.5, 0.6) is 0 Å². The number of para-hydroxylation sites is 1. The fraction of sp³-hybridized carbons (Fsp3) is 0.154. The molecule has 0 aliphatic carbocycles. The van der Waals surface area contributed by atoms with Gasteiger partial charge in [-0.25, -0.2) is 9.97 Å². The summed E-state index contributed by atoms with van der Waals surface area (Å²) in [4.78, 5) is 22.2. The molecule has 2 aromatic rings. The monoisotopic (exact) mass is 225 g/mol. The van der Waals surface area contributed by atoms with Crippen molar-refractivity contribution in [2.24, 2.45) is 0 Å². The average Bonchev–Trinajstić information content (AvgIpc) is 2.91. The smallest absolute Gasteiger partial charge is 0.292 e. The number of aromatic nitrogens is 2. The summed E-state index contributed by atoms with van der Waals surface area (Å²) in [5.41, 5.74) is 0.804. The summed E-state index contributed by atoms with van der Waals surface area (Å²) in [6.45, 7) is 1.30. The highest BCUT2D eigenvalue weighted by atomic mass is 16.2. The van der Waals surface area contributed by atoms with Gasteiger partial charge in [0.05, 0.1) is 5.52 Å². The molecule has 4 heteroatoms. The number of amides is 1. The van der Waals surface area contributed by atoms with Crippen molar-refractivity contribution in [1.29, 1.82) is 0 Å². The Morgan fingerprint density at radius 1 is 1.18 bits per heavy atom. The van der Waals surface area contributed by atoms with Gasteiger partial charge >= 0.3 is 0 Å². The molecule has 1 aliphatic heterocycles. The maximum atomic E-state index is 12.1. The predicted octanol–water partition coefficient (Wildman–Crippen LogP) is 1.64. The minimum atomic E-state index is -0.110. The van der Waals surface area contributed by atoms with Crippen LogP contribution >= 0.6 is 0 Å². The van der Waals surface area contributed by atoms with E-state index in [1.54, 1.807) is 11.1 Å². The molecule has 1 aliphatic rings. The number of benzene rings is 1. The second kappa shape index (κ2) is 3.97. The Kier molecular flexibility index (Phi) is 2.33. The van der Waals surface area contributed by atoms with Crippen molar-refractivity contribution < 1.29 is 4.79 Å². The van der Waals surface area contributed by atoms with Crippen LogP contribution < -0.4 is 0 Å². The van der Waals surface area contributed by atoms with Crippen molar-refractivity contribution in [2.45, 2.75) is 0 Å². The van der Waals surface area contributed by atoms with E-state index in [2.05, 4.69) is 9.97 Å². The molecule has 0 spiro atoms. The molecule has 0 N–H and O–H groups in total. The van der Waals surface area contributed by atoms with Gasteiger partial charge in [0.15, 0.2) is 0 Å². The number of fused-ring (bicyclic) bond motifs is 1. The van der Waals surface area contributed by atoms with Gasteiger partial charge in [-0.15, -0.1) is 0 Å². The number of rotatable bonds is 1. The van der Waals surface area contributed by atoms with Crippen molar-refractivity contribution in [3.8, 4) is 0 Å². The normalized spacial score (nSPS) is 14.5. The first-order chi connectivity index (χ1) is 8.34. The van der Waals surface area contributed by atoms with Crippen LogP contribution in [0.3, 0.4) is 0 Å². The third-order valence-electron chi connectivity index (χ3n) is 2.79. The molecule has 0 saturated heterocycles. The predicted molar refractivity (Wildman–Crippen MR) is 64.6 cm³/mol. The summed E-state index contributed by atoms with van der Waals surface area (Å²) in [5, 5.41) is 0.948. The molecule has 0 fully saturated rings. The topological polar surface area (TPSA) is 46.1 Å². The lowest BCUT2D eigenvalue weighted by atomic mass is 10.2. The van der Waals surface area contributed by atoms with Gasteiger partial charge in [0, 0.05) is 24.7 Å². The van der Waals surface area contributed by atoms with Gasteiger partial charge < -0.3 is 4.90 Å². The van der Waals surface area contributed by atoms with E-state index < -0.39 is 0 Å². The van der Waals surface area contributed by atoms with E-state index in [0.29, 0.717) is 13.1 Å². The van der Waals surface area contributed by atoms with E-state index in [0.717, 1.165) is 10.9 Å². The molecule has 0 atom stereocenters. The molecule has 2 heterocycles. The Labute approximate surface area is 98.6 Å². The number of carbonyl (C=O) groups is 1. The molecule has 1 amide bonds. The molecule has 84 valence electrons. The summed E-state index contributed by atoms with van der Waals surface area (Å²) in [7, 11) is 0. The molecule has 1 aromatic carbocycles. The second-order valence-corrected chi connectivity index (χ2v) is 3.93. The summed E-state index contributed by atoms with van der Waals surface area (Å²) in [5.74, 6) is 0.160. The second-order valence-electron chi connectivity index (χ2n) is 3.93. The molecular formula is C13H11N3O. The lowest BCUT2D eigenvalue weighted by molar-refractivity contribution is 0.0788. The molecule has 1 aromatic heterocycles. The number of hydrogen-bond acceptors (Lipinski definition) is 3. The van der Waals surface area contributed by atoms with Gasteiger partial charge in [-0.2, -0.15) is 0 Å². The van der Waals surface area contributed by atoms with E-state index in [9.17, 15) is 4.79 Å². The zero-order valence-electron chi connectivity index (χ0n) is 9.21. The van der Waals surface area contributed by atoms with Crippen molar-refractivity contribution >= 4 is 16.8 Å². The van der Waals surface area contributed by atoms with Crippen LogP contribution in [-0.4, -0.2) is 33.9 Å². The lowest BCUT2D eigenvalue weighted by Gasteiger charge is -2.13. The van der Waals surface area contributed by atoms with Crippen molar-refractivity contribution in [3.63, 3.8) is 0 Å². The standard InChI is InChI=1S/C13H11N3O/c17-13(16-7-3-4-8-16)12-14-9-10-5-1-2-6-11(10)15-12/h1-6,9H,7-8H2. The molecule has 0 saturated carbocycles. The summed E-state index contributed by atoms with van der Waals surface area (Å²) < 4.78 is 0. The quantitative estimate of drug-likeness (QED) is 0.693. The highest BCUT2D eigenvalue weighted by molar-refractivity contribution is 5.93. The van der Waals surface area contributed by atoms with E-state index in [1.165, 1.54) is 0 Å². The molecule has 3 rings (SSSR count). The van der Waals surface area contributed by atoms with Crippen molar-refractivity contribution in [1.82, 2.24) is 14.9 Å². The van der Waals surface area contributed by atoms with E-state index in [4.69, 9.17) is 0 Å². The van der Waals surface area contributed by atoms with Crippen LogP contribution in [0.15, 0.2) is 42.6 Å². The number of carbonyl (C=O) groups excluding carboxylic acids is 1. The Hall–Kier alpha value is -2.23. The third kappa shape index (κ3) is 1.78. The molecule has 4 nitrogen and oxygen atoms in total. The van der Waals surface area contributed by atoms with Crippen LogP contribution in [0.25, 0.3) is 10.9 Å². The van der Waals surface area contributed by atoms with Gasteiger partial charge in [-0.1, -0.05) is 30.4 Å². The maximum Gasteiger partial charge on any atom is 0.292 e.